The van der Waals surface area contributed by atoms with E-state index in [0.29, 0.717) is 12.0 Å². The molecule has 1 saturated carbocycles. The van der Waals surface area contributed by atoms with Crippen LogP contribution in [0, 0.1) is 5.92 Å². The van der Waals surface area contributed by atoms with Crippen LogP contribution in [0.1, 0.15) is 46.5 Å². The molecule has 1 aliphatic carbocycles. The summed E-state index contributed by atoms with van der Waals surface area (Å²) in [5.74, 6) is 0.652. The standard InChI is InChI=1S/C24H31IOSi/c1-24(2,3)27(22-13-6-4-7-14-22,23-15-8-5-9-16-23)26-21-12-10-11-20(19-21)17-18-25/h4-9,13-18,20-21H,10-12,19H2,1-3H3/b18-17-/t20-,21-/m0/s1. The Bertz CT molecular complexity index is 696. The third-order valence-corrected chi connectivity index (χ3v) is 11.3. The molecule has 27 heavy (non-hydrogen) atoms. The number of halogens is 1. The van der Waals surface area contributed by atoms with E-state index in [1.54, 1.807) is 0 Å². The lowest BCUT2D eigenvalue weighted by Gasteiger charge is -2.46. The normalized spacial score (nSPS) is 21.5. The molecule has 0 aliphatic heterocycles. The van der Waals surface area contributed by atoms with Crippen molar-refractivity contribution in [3.8, 4) is 0 Å². The molecule has 0 aromatic heterocycles. The SMILES string of the molecule is CC(C)(C)[Si](O[C@H]1CCC[C@@H](/C=C\I)C1)(c1ccccc1)c1ccccc1. The minimum Gasteiger partial charge on any atom is -0.404 e. The van der Waals surface area contributed by atoms with Crippen LogP contribution in [0.15, 0.2) is 70.8 Å². The smallest absolute Gasteiger partial charge is 0.261 e. The minimum absolute atomic E-state index is 0.0573. The van der Waals surface area contributed by atoms with Gasteiger partial charge in [0.05, 0.1) is 0 Å². The quantitative estimate of drug-likeness (QED) is 0.365. The van der Waals surface area contributed by atoms with Crippen LogP contribution in [0.25, 0.3) is 0 Å². The van der Waals surface area contributed by atoms with Crippen molar-refractivity contribution in [1.82, 2.24) is 0 Å². The summed E-state index contributed by atoms with van der Waals surface area (Å²) in [6, 6.07) is 22.0. The van der Waals surface area contributed by atoms with Gasteiger partial charge in [0.15, 0.2) is 0 Å². The van der Waals surface area contributed by atoms with Gasteiger partial charge in [0, 0.05) is 6.10 Å². The van der Waals surface area contributed by atoms with Gasteiger partial charge in [-0.15, -0.1) is 0 Å². The highest BCUT2D eigenvalue weighted by atomic mass is 127. The topological polar surface area (TPSA) is 9.23 Å². The first-order valence-corrected chi connectivity index (χ1v) is 13.2. The number of hydrogen-bond acceptors (Lipinski definition) is 1. The molecular formula is C24H31IOSi. The summed E-state index contributed by atoms with van der Waals surface area (Å²) in [5.41, 5.74) is 0. The average Bonchev–Trinajstić information content (AvgIpc) is 2.67. The molecule has 0 heterocycles. The Morgan fingerprint density at radius 3 is 1.96 bits per heavy atom. The van der Waals surface area contributed by atoms with Crippen LogP contribution in [0.3, 0.4) is 0 Å². The summed E-state index contributed by atoms with van der Waals surface area (Å²) >= 11 is 2.34. The molecular weight excluding hydrogens is 459 g/mol. The predicted octanol–water partition coefficient (Wildman–Crippen LogP) is 6.07. The van der Waals surface area contributed by atoms with Crippen LogP contribution in [-0.2, 0) is 4.43 Å². The van der Waals surface area contributed by atoms with Crippen molar-refractivity contribution < 1.29 is 4.43 Å². The molecule has 2 atom stereocenters. The summed E-state index contributed by atoms with van der Waals surface area (Å²) in [7, 11) is -2.42. The predicted molar refractivity (Wildman–Crippen MR) is 128 cm³/mol. The molecule has 0 spiro atoms. The van der Waals surface area contributed by atoms with Gasteiger partial charge < -0.3 is 4.43 Å². The van der Waals surface area contributed by atoms with Crippen molar-refractivity contribution in [2.24, 2.45) is 5.92 Å². The van der Waals surface area contributed by atoms with Crippen LogP contribution in [0.2, 0.25) is 5.04 Å². The fourth-order valence-corrected chi connectivity index (χ4v) is 9.82. The van der Waals surface area contributed by atoms with Crippen molar-refractivity contribution in [2.75, 3.05) is 0 Å². The van der Waals surface area contributed by atoms with Crippen LogP contribution in [0.5, 0.6) is 0 Å². The van der Waals surface area contributed by atoms with Gasteiger partial charge in [-0.1, -0.05) is 117 Å². The molecule has 3 rings (SSSR count). The van der Waals surface area contributed by atoms with E-state index in [2.05, 4.69) is 114 Å². The van der Waals surface area contributed by atoms with E-state index in [1.165, 1.54) is 29.6 Å². The Kier molecular flexibility index (Phi) is 6.98. The molecule has 0 radical (unpaired) electrons. The average molecular weight is 491 g/mol. The summed E-state index contributed by atoms with van der Waals surface area (Å²) in [6.07, 6.45) is 7.57. The third kappa shape index (κ3) is 4.57. The first kappa shape index (κ1) is 20.8. The van der Waals surface area contributed by atoms with Crippen LogP contribution >= 0.6 is 22.6 Å². The molecule has 1 nitrogen and oxygen atoms in total. The van der Waals surface area contributed by atoms with Crippen LogP contribution in [0.4, 0.5) is 0 Å². The highest BCUT2D eigenvalue weighted by molar-refractivity contribution is 14.1. The van der Waals surface area contributed by atoms with E-state index in [0.717, 1.165) is 6.42 Å². The van der Waals surface area contributed by atoms with Gasteiger partial charge in [-0.3, -0.25) is 0 Å². The Morgan fingerprint density at radius 2 is 1.48 bits per heavy atom. The van der Waals surface area contributed by atoms with Crippen LogP contribution in [-0.4, -0.2) is 14.4 Å². The van der Waals surface area contributed by atoms with Gasteiger partial charge >= 0.3 is 0 Å². The minimum atomic E-state index is -2.42. The molecule has 0 unspecified atom stereocenters. The number of allylic oxidation sites excluding steroid dienone is 1. The van der Waals surface area contributed by atoms with E-state index in [1.807, 2.05) is 0 Å². The highest BCUT2D eigenvalue weighted by Crippen LogP contribution is 2.40. The summed E-state index contributed by atoms with van der Waals surface area (Å²) < 4.78 is 9.47. The van der Waals surface area contributed by atoms with E-state index in [-0.39, 0.29) is 5.04 Å². The van der Waals surface area contributed by atoms with Gasteiger partial charge in [0.1, 0.15) is 0 Å². The van der Waals surface area contributed by atoms with Crippen molar-refractivity contribution in [3.63, 3.8) is 0 Å². The number of benzene rings is 2. The summed E-state index contributed by atoms with van der Waals surface area (Å²) in [4.78, 5) is 0. The molecule has 0 saturated heterocycles. The molecule has 144 valence electrons. The number of rotatable bonds is 5. The Labute approximate surface area is 179 Å². The zero-order valence-electron chi connectivity index (χ0n) is 16.7. The van der Waals surface area contributed by atoms with E-state index in [4.69, 9.17) is 4.43 Å². The maximum atomic E-state index is 7.29. The molecule has 0 N–H and O–H groups in total. The van der Waals surface area contributed by atoms with Gasteiger partial charge in [-0.25, -0.2) is 0 Å². The maximum absolute atomic E-state index is 7.29. The van der Waals surface area contributed by atoms with Crippen LogP contribution < -0.4 is 10.4 Å². The first-order chi connectivity index (χ1) is 13.0. The van der Waals surface area contributed by atoms with Crippen molar-refractivity contribution in [2.45, 2.75) is 57.6 Å². The Morgan fingerprint density at radius 1 is 0.926 bits per heavy atom. The maximum Gasteiger partial charge on any atom is 0.261 e. The lowest BCUT2D eigenvalue weighted by Crippen LogP contribution is -2.67. The lowest BCUT2D eigenvalue weighted by atomic mass is 9.87. The van der Waals surface area contributed by atoms with E-state index < -0.39 is 8.32 Å². The van der Waals surface area contributed by atoms with E-state index in [9.17, 15) is 0 Å². The second kappa shape index (κ2) is 9.06. The van der Waals surface area contributed by atoms with Crippen molar-refractivity contribution >= 4 is 41.3 Å². The molecule has 1 fully saturated rings. The molecule has 2 aromatic rings. The monoisotopic (exact) mass is 490 g/mol. The zero-order chi connectivity index (χ0) is 19.3. The van der Waals surface area contributed by atoms with Crippen molar-refractivity contribution in [3.05, 3.63) is 70.8 Å². The lowest BCUT2D eigenvalue weighted by molar-refractivity contribution is 0.126. The largest absolute Gasteiger partial charge is 0.404 e. The molecule has 1 aliphatic rings. The van der Waals surface area contributed by atoms with Gasteiger partial charge in [-0.2, -0.15) is 0 Å². The van der Waals surface area contributed by atoms with E-state index >= 15 is 0 Å². The first-order valence-electron chi connectivity index (χ1n) is 10.0. The molecule has 2 aromatic carbocycles. The summed E-state index contributed by atoms with van der Waals surface area (Å²) in [6.45, 7) is 7.10. The third-order valence-electron chi connectivity index (χ3n) is 5.77. The second-order valence-corrected chi connectivity index (χ2v) is 13.6. The summed E-state index contributed by atoms with van der Waals surface area (Å²) in [5, 5.41) is 2.83. The number of hydrogen-bond donors (Lipinski definition) is 0. The van der Waals surface area contributed by atoms with Gasteiger partial charge in [-0.05, 0) is 44.7 Å². The van der Waals surface area contributed by atoms with Gasteiger partial charge in [0.2, 0.25) is 0 Å². The Balaban J connectivity index is 2.07. The molecule has 3 heteroatoms. The Hall–Kier alpha value is -0.913. The zero-order valence-corrected chi connectivity index (χ0v) is 19.9. The molecule has 0 amide bonds. The fourth-order valence-electron chi connectivity index (χ4n) is 4.51. The molecule has 0 bridgehead atoms. The fraction of sp³-hybridized carbons (Fsp3) is 0.417. The second-order valence-electron chi connectivity index (χ2n) is 8.65. The highest BCUT2D eigenvalue weighted by Gasteiger charge is 2.51. The van der Waals surface area contributed by atoms with Crippen molar-refractivity contribution in [1.29, 1.82) is 0 Å². The van der Waals surface area contributed by atoms with Gasteiger partial charge in [0.25, 0.3) is 8.32 Å².